The van der Waals surface area contributed by atoms with Gasteiger partial charge in [0.2, 0.25) is 0 Å². The molecule has 0 saturated heterocycles. The fraction of sp³-hybridized carbons (Fsp3) is 0.400. The zero-order chi connectivity index (χ0) is 11.3. The van der Waals surface area contributed by atoms with Gasteiger partial charge in [0.15, 0.2) is 11.0 Å². The van der Waals surface area contributed by atoms with Crippen molar-refractivity contribution in [2.45, 2.75) is 13.3 Å². The molecular weight excluding hydrogens is 212 g/mol. The Morgan fingerprint density at radius 1 is 1.60 bits per heavy atom. The third-order valence-electron chi connectivity index (χ3n) is 1.96. The molecule has 1 heterocycles. The van der Waals surface area contributed by atoms with Crippen LogP contribution in [0.3, 0.4) is 0 Å². The highest BCUT2D eigenvalue weighted by Gasteiger charge is 2.11. The standard InChI is InChI=1S/C10H15ClN4/c1-3-5-15(6-4-2)10-8(12)9(11)13-7-14-10/h3,7H,1,4-6,12H2,2H3. The van der Waals surface area contributed by atoms with Crippen molar-refractivity contribution >= 4 is 23.1 Å². The lowest BCUT2D eigenvalue weighted by Crippen LogP contribution is -2.26. The molecule has 5 heteroatoms. The van der Waals surface area contributed by atoms with Crippen LogP contribution >= 0.6 is 11.6 Å². The van der Waals surface area contributed by atoms with Crippen molar-refractivity contribution in [2.24, 2.45) is 0 Å². The molecule has 0 bridgehead atoms. The average molecular weight is 227 g/mol. The molecule has 0 aromatic carbocycles. The monoisotopic (exact) mass is 226 g/mol. The lowest BCUT2D eigenvalue weighted by molar-refractivity contribution is 0.801. The Hall–Kier alpha value is -1.29. The summed E-state index contributed by atoms with van der Waals surface area (Å²) in [5, 5.41) is 0.296. The normalized spacial score (nSPS) is 10.0. The van der Waals surface area contributed by atoms with Crippen LogP contribution in [-0.2, 0) is 0 Å². The van der Waals surface area contributed by atoms with E-state index < -0.39 is 0 Å². The van der Waals surface area contributed by atoms with E-state index in [0.717, 1.165) is 13.0 Å². The van der Waals surface area contributed by atoms with Crippen molar-refractivity contribution in [3.8, 4) is 0 Å². The Balaban J connectivity index is 2.99. The van der Waals surface area contributed by atoms with E-state index in [2.05, 4.69) is 23.5 Å². The van der Waals surface area contributed by atoms with Gasteiger partial charge in [0.1, 0.15) is 12.0 Å². The fourth-order valence-electron chi connectivity index (χ4n) is 1.33. The zero-order valence-corrected chi connectivity index (χ0v) is 9.54. The smallest absolute Gasteiger partial charge is 0.157 e. The summed E-state index contributed by atoms with van der Waals surface area (Å²) in [6.07, 6.45) is 4.24. The van der Waals surface area contributed by atoms with E-state index in [4.69, 9.17) is 17.3 Å². The SMILES string of the molecule is C=CCN(CCC)c1ncnc(Cl)c1N. The van der Waals surface area contributed by atoms with Crippen molar-refractivity contribution in [1.82, 2.24) is 9.97 Å². The minimum absolute atomic E-state index is 0.296. The summed E-state index contributed by atoms with van der Waals surface area (Å²) in [5.41, 5.74) is 6.24. The van der Waals surface area contributed by atoms with Gasteiger partial charge in [0.05, 0.1) is 0 Å². The van der Waals surface area contributed by atoms with Gasteiger partial charge in [-0.05, 0) is 6.42 Å². The number of halogens is 1. The Bertz CT molecular complexity index is 340. The molecule has 0 aliphatic heterocycles. The van der Waals surface area contributed by atoms with Crippen LogP contribution in [-0.4, -0.2) is 23.1 Å². The van der Waals surface area contributed by atoms with E-state index in [9.17, 15) is 0 Å². The highest BCUT2D eigenvalue weighted by molar-refractivity contribution is 6.32. The molecule has 0 aliphatic carbocycles. The van der Waals surface area contributed by atoms with Crippen LogP contribution in [0, 0.1) is 0 Å². The second kappa shape index (κ2) is 5.56. The minimum atomic E-state index is 0.296. The average Bonchev–Trinajstić information content (AvgIpc) is 2.22. The lowest BCUT2D eigenvalue weighted by atomic mass is 10.3. The molecule has 2 N–H and O–H groups in total. The number of rotatable bonds is 5. The maximum Gasteiger partial charge on any atom is 0.157 e. The van der Waals surface area contributed by atoms with E-state index in [-0.39, 0.29) is 0 Å². The van der Waals surface area contributed by atoms with Crippen molar-refractivity contribution < 1.29 is 0 Å². The van der Waals surface area contributed by atoms with Crippen molar-refractivity contribution in [3.05, 3.63) is 24.1 Å². The summed E-state index contributed by atoms with van der Waals surface area (Å²) in [4.78, 5) is 9.98. The molecule has 0 aliphatic rings. The molecule has 82 valence electrons. The van der Waals surface area contributed by atoms with Gasteiger partial charge >= 0.3 is 0 Å². The topological polar surface area (TPSA) is 55.0 Å². The van der Waals surface area contributed by atoms with Gasteiger partial charge in [0, 0.05) is 13.1 Å². The first-order valence-electron chi connectivity index (χ1n) is 4.82. The van der Waals surface area contributed by atoms with Crippen molar-refractivity contribution in [1.29, 1.82) is 0 Å². The van der Waals surface area contributed by atoms with Crippen LogP contribution in [0.25, 0.3) is 0 Å². The molecule has 0 radical (unpaired) electrons. The summed E-state index contributed by atoms with van der Waals surface area (Å²) >= 11 is 5.83. The maximum absolute atomic E-state index is 5.83. The van der Waals surface area contributed by atoms with Gasteiger partial charge in [-0.2, -0.15) is 0 Å². The summed E-state index contributed by atoms with van der Waals surface area (Å²) in [6.45, 7) is 7.36. The van der Waals surface area contributed by atoms with Crippen LogP contribution in [0.5, 0.6) is 0 Å². The van der Waals surface area contributed by atoms with Crippen LogP contribution < -0.4 is 10.6 Å². The van der Waals surface area contributed by atoms with E-state index in [1.807, 2.05) is 11.0 Å². The molecule has 1 rings (SSSR count). The van der Waals surface area contributed by atoms with Gasteiger partial charge < -0.3 is 10.6 Å². The van der Waals surface area contributed by atoms with Gasteiger partial charge in [-0.15, -0.1) is 6.58 Å². The summed E-state index contributed by atoms with van der Waals surface area (Å²) in [6, 6.07) is 0. The summed E-state index contributed by atoms with van der Waals surface area (Å²) < 4.78 is 0. The van der Waals surface area contributed by atoms with Crippen LogP contribution in [0.2, 0.25) is 5.15 Å². The summed E-state index contributed by atoms with van der Waals surface area (Å²) in [7, 11) is 0. The predicted molar refractivity (Wildman–Crippen MR) is 64.2 cm³/mol. The van der Waals surface area contributed by atoms with E-state index >= 15 is 0 Å². The molecule has 1 aromatic rings. The number of anilines is 2. The van der Waals surface area contributed by atoms with Gasteiger partial charge in [0.25, 0.3) is 0 Å². The van der Waals surface area contributed by atoms with Crippen LogP contribution in [0.1, 0.15) is 13.3 Å². The first-order chi connectivity index (χ1) is 7.20. The molecule has 0 amide bonds. The van der Waals surface area contributed by atoms with E-state index in [1.165, 1.54) is 6.33 Å². The molecule has 4 nitrogen and oxygen atoms in total. The van der Waals surface area contributed by atoms with E-state index in [0.29, 0.717) is 23.2 Å². The third-order valence-corrected chi connectivity index (χ3v) is 2.26. The number of hydrogen-bond acceptors (Lipinski definition) is 4. The molecule has 0 saturated carbocycles. The van der Waals surface area contributed by atoms with Gasteiger partial charge in [-0.25, -0.2) is 9.97 Å². The second-order valence-corrected chi connectivity index (χ2v) is 3.49. The van der Waals surface area contributed by atoms with E-state index in [1.54, 1.807) is 0 Å². The zero-order valence-electron chi connectivity index (χ0n) is 8.78. The third kappa shape index (κ3) is 2.83. The van der Waals surface area contributed by atoms with Gasteiger partial charge in [-0.3, -0.25) is 0 Å². The quantitative estimate of drug-likeness (QED) is 0.617. The fourth-order valence-corrected chi connectivity index (χ4v) is 1.46. The first kappa shape index (κ1) is 11.8. The Kier molecular flexibility index (Phi) is 4.37. The molecule has 0 unspecified atom stereocenters. The number of nitrogens with two attached hydrogens (primary N) is 1. The molecular formula is C10H15ClN4. The molecule has 15 heavy (non-hydrogen) atoms. The minimum Gasteiger partial charge on any atom is -0.393 e. The first-order valence-corrected chi connectivity index (χ1v) is 5.20. The Morgan fingerprint density at radius 2 is 2.33 bits per heavy atom. The van der Waals surface area contributed by atoms with Crippen molar-refractivity contribution in [2.75, 3.05) is 23.7 Å². The summed E-state index contributed by atoms with van der Waals surface area (Å²) in [5.74, 6) is 0.678. The predicted octanol–water partition coefficient (Wildman–Crippen LogP) is 2.11. The highest BCUT2D eigenvalue weighted by atomic mass is 35.5. The number of aromatic nitrogens is 2. The van der Waals surface area contributed by atoms with Crippen molar-refractivity contribution in [3.63, 3.8) is 0 Å². The number of nitrogen functional groups attached to an aromatic ring is 1. The number of hydrogen-bond donors (Lipinski definition) is 1. The number of nitrogens with zero attached hydrogens (tertiary/aromatic N) is 3. The lowest BCUT2D eigenvalue weighted by Gasteiger charge is -2.22. The Labute approximate surface area is 94.8 Å². The molecule has 0 atom stereocenters. The van der Waals surface area contributed by atoms with Gasteiger partial charge in [-0.1, -0.05) is 24.6 Å². The van der Waals surface area contributed by atoms with Crippen LogP contribution in [0.15, 0.2) is 19.0 Å². The molecule has 0 fully saturated rings. The maximum atomic E-state index is 5.83. The molecule has 1 aromatic heterocycles. The largest absolute Gasteiger partial charge is 0.393 e. The Morgan fingerprint density at radius 3 is 2.93 bits per heavy atom. The molecule has 0 spiro atoms. The highest BCUT2D eigenvalue weighted by Crippen LogP contribution is 2.25. The second-order valence-electron chi connectivity index (χ2n) is 3.14. The van der Waals surface area contributed by atoms with Crippen LogP contribution in [0.4, 0.5) is 11.5 Å².